The summed E-state index contributed by atoms with van der Waals surface area (Å²) in [7, 11) is 0. The van der Waals surface area contributed by atoms with Gasteiger partial charge in [-0.15, -0.1) is 0 Å². The summed E-state index contributed by atoms with van der Waals surface area (Å²) in [6.07, 6.45) is 5.48. The van der Waals surface area contributed by atoms with E-state index in [-0.39, 0.29) is 5.91 Å². The molecule has 1 aliphatic carbocycles. The highest BCUT2D eigenvalue weighted by Gasteiger charge is 2.20. The molecule has 19 heavy (non-hydrogen) atoms. The topological polar surface area (TPSA) is 57.3 Å². The molecule has 2 fully saturated rings. The van der Waals surface area contributed by atoms with Crippen LogP contribution in [0.3, 0.4) is 0 Å². The van der Waals surface area contributed by atoms with Gasteiger partial charge in [0.05, 0.1) is 6.54 Å². The van der Waals surface area contributed by atoms with Crippen LogP contribution >= 0.6 is 0 Å². The number of pyridine rings is 1. The maximum atomic E-state index is 11.5. The first kappa shape index (κ1) is 12.4. The van der Waals surface area contributed by atoms with E-state index < -0.39 is 0 Å². The van der Waals surface area contributed by atoms with Crippen LogP contribution in [0, 0.1) is 0 Å². The summed E-state index contributed by atoms with van der Waals surface area (Å²) in [5, 5.41) is 6.35. The Hall–Kier alpha value is -1.62. The quantitative estimate of drug-likeness (QED) is 0.835. The third-order valence-electron chi connectivity index (χ3n) is 3.57. The SMILES string of the molecule is O=C1CN(c2ccc(CNC3CC3)cn2)CCCN1. The van der Waals surface area contributed by atoms with Gasteiger partial charge in [0, 0.05) is 31.9 Å². The van der Waals surface area contributed by atoms with E-state index in [0.29, 0.717) is 12.6 Å². The third kappa shape index (κ3) is 3.44. The van der Waals surface area contributed by atoms with Gasteiger partial charge in [0.2, 0.25) is 5.91 Å². The number of amides is 1. The minimum absolute atomic E-state index is 0.0822. The van der Waals surface area contributed by atoms with Crippen molar-refractivity contribution < 1.29 is 4.79 Å². The van der Waals surface area contributed by atoms with E-state index in [2.05, 4.69) is 21.7 Å². The molecular formula is C14H20N4O. The van der Waals surface area contributed by atoms with Crippen molar-refractivity contribution >= 4 is 11.7 Å². The van der Waals surface area contributed by atoms with Crippen molar-refractivity contribution in [3.05, 3.63) is 23.9 Å². The lowest BCUT2D eigenvalue weighted by molar-refractivity contribution is -0.119. The lowest BCUT2D eigenvalue weighted by Crippen LogP contribution is -2.33. The first-order valence-corrected chi connectivity index (χ1v) is 7.01. The van der Waals surface area contributed by atoms with Gasteiger partial charge in [-0.3, -0.25) is 4.79 Å². The molecule has 1 aromatic heterocycles. The highest BCUT2D eigenvalue weighted by Crippen LogP contribution is 2.19. The molecule has 0 atom stereocenters. The second kappa shape index (κ2) is 5.57. The summed E-state index contributed by atoms with van der Waals surface area (Å²) in [6.45, 7) is 2.94. The first-order chi connectivity index (χ1) is 9.31. The first-order valence-electron chi connectivity index (χ1n) is 7.01. The van der Waals surface area contributed by atoms with Gasteiger partial charge in [0.1, 0.15) is 5.82 Å². The van der Waals surface area contributed by atoms with Crippen LogP contribution in [-0.4, -0.2) is 36.6 Å². The van der Waals surface area contributed by atoms with Gasteiger partial charge in [-0.05, 0) is 30.9 Å². The average molecular weight is 260 g/mol. The van der Waals surface area contributed by atoms with Crippen molar-refractivity contribution in [2.75, 3.05) is 24.5 Å². The molecule has 1 aromatic rings. The molecule has 0 unspecified atom stereocenters. The van der Waals surface area contributed by atoms with Crippen LogP contribution in [0.4, 0.5) is 5.82 Å². The second-order valence-corrected chi connectivity index (χ2v) is 5.30. The number of hydrogen-bond donors (Lipinski definition) is 2. The van der Waals surface area contributed by atoms with Crippen LogP contribution in [-0.2, 0) is 11.3 Å². The fourth-order valence-electron chi connectivity index (χ4n) is 2.26. The van der Waals surface area contributed by atoms with Crippen molar-refractivity contribution in [2.45, 2.75) is 31.8 Å². The Morgan fingerprint density at radius 3 is 3.05 bits per heavy atom. The summed E-state index contributed by atoms with van der Waals surface area (Å²) in [5.74, 6) is 0.978. The monoisotopic (exact) mass is 260 g/mol. The zero-order chi connectivity index (χ0) is 13.1. The molecule has 5 heteroatoms. The molecule has 2 aliphatic rings. The van der Waals surface area contributed by atoms with Crippen molar-refractivity contribution in [3.63, 3.8) is 0 Å². The molecule has 1 saturated heterocycles. The number of hydrogen-bond acceptors (Lipinski definition) is 4. The molecule has 1 amide bonds. The summed E-state index contributed by atoms with van der Waals surface area (Å²) in [6, 6.07) is 4.83. The van der Waals surface area contributed by atoms with Crippen molar-refractivity contribution in [3.8, 4) is 0 Å². The maximum absolute atomic E-state index is 11.5. The standard InChI is InChI=1S/C14H20N4O/c19-14-10-18(7-1-6-15-14)13-5-2-11(9-17-13)8-16-12-3-4-12/h2,5,9,12,16H,1,3-4,6-8,10H2,(H,15,19). The normalized spacial score (nSPS) is 20.0. The Balaban J connectivity index is 1.61. The van der Waals surface area contributed by atoms with Crippen molar-refractivity contribution in [2.24, 2.45) is 0 Å². The predicted octanol–water partition coefficient (Wildman–Crippen LogP) is 0.660. The number of nitrogens with zero attached hydrogens (tertiary/aromatic N) is 2. The molecule has 2 heterocycles. The van der Waals surface area contributed by atoms with Crippen molar-refractivity contribution in [1.82, 2.24) is 15.6 Å². The minimum atomic E-state index is 0.0822. The van der Waals surface area contributed by atoms with Gasteiger partial charge in [-0.1, -0.05) is 6.07 Å². The fourth-order valence-corrected chi connectivity index (χ4v) is 2.26. The molecule has 1 saturated carbocycles. The molecule has 0 radical (unpaired) electrons. The minimum Gasteiger partial charge on any atom is -0.354 e. The van der Waals surface area contributed by atoms with E-state index in [9.17, 15) is 4.79 Å². The zero-order valence-corrected chi connectivity index (χ0v) is 11.1. The lowest BCUT2D eigenvalue weighted by atomic mass is 10.2. The number of carbonyl (C=O) groups excluding carboxylic acids is 1. The molecule has 1 aliphatic heterocycles. The molecule has 0 bridgehead atoms. The lowest BCUT2D eigenvalue weighted by Gasteiger charge is -2.20. The summed E-state index contributed by atoms with van der Waals surface area (Å²) < 4.78 is 0. The highest BCUT2D eigenvalue weighted by atomic mass is 16.2. The second-order valence-electron chi connectivity index (χ2n) is 5.30. The molecule has 102 valence electrons. The maximum Gasteiger partial charge on any atom is 0.239 e. The summed E-state index contributed by atoms with van der Waals surface area (Å²) in [4.78, 5) is 18.1. The van der Waals surface area contributed by atoms with E-state index in [1.165, 1.54) is 18.4 Å². The molecule has 3 rings (SSSR count). The Kier molecular flexibility index (Phi) is 3.64. The van der Waals surface area contributed by atoms with Gasteiger partial charge >= 0.3 is 0 Å². The van der Waals surface area contributed by atoms with E-state index in [0.717, 1.165) is 31.9 Å². The predicted molar refractivity (Wildman–Crippen MR) is 73.9 cm³/mol. The fraction of sp³-hybridized carbons (Fsp3) is 0.571. The summed E-state index contributed by atoms with van der Waals surface area (Å²) >= 11 is 0. The largest absolute Gasteiger partial charge is 0.354 e. The number of rotatable bonds is 4. The van der Waals surface area contributed by atoms with Gasteiger partial charge in [-0.25, -0.2) is 4.98 Å². The van der Waals surface area contributed by atoms with Crippen LogP contribution < -0.4 is 15.5 Å². The number of aromatic nitrogens is 1. The molecule has 0 aromatic carbocycles. The zero-order valence-electron chi connectivity index (χ0n) is 11.1. The Bertz CT molecular complexity index is 441. The number of carbonyl (C=O) groups is 1. The Morgan fingerprint density at radius 2 is 2.32 bits per heavy atom. The van der Waals surface area contributed by atoms with Crippen LogP contribution in [0.1, 0.15) is 24.8 Å². The van der Waals surface area contributed by atoms with E-state index in [4.69, 9.17) is 0 Å². The van der Waals surface area contributed by atoms with Gasteiger partial charge in [-0.2, -0.15) is 0 Å². The molecular weight excluding hydrogens is 240 g/mol. The van der Waals surface area contributed by atoms with E-state index in [1.807, 2.05) is 17.2 Å². The Labute approximate surface area is 113 Å². The molecule has 5 nitrogen and oxygen atoms in total. The van der Waals surface area contributed by atoms with Crippen LogP contribution in [0.5, 0.6) is 0 Å². The van der Waals surface area contributed by atoms with Crippen LogP contribution in [0.2, 0.25) is 0 Å². The van der Waals surface area contributed by atoms with E-state index >= 15 is 0 Å². The average Bonchev–Trinajstić information content (AvgIpc) is 3.25. The number of anilines is 1. The van der Waals surface area contributed by atoms with Gasteiger partial charge in [0.15, 0.2) is 0 Å². The molecule has 2 N–H and O–H groups in total. The van der Waals surface area contributed by atoms with Crippen LogP contribution in [0.25, 0.3) is 0 Å². The Morgan fingerprint density at radius 1 is 1.42 bits per heavy atom. The van der Waals surface area contributed by atoms with Gasteiger partial charge in [0.25, 0.3) is 0 Å². The highest BCUT2D eigenvalue weighted by molar-refractivity contribution is 5.81. The number of nitrogens with one attached hydrogen (secondary N) is 2. The van der Waals surface area contributed by atoms with Crippen LogP contribution in [0.15, 0.2) is 18.3 Å². The smallest absolute Gasteiger partial charge is 0.239 e. The van der Waals surface area contributed by atoms with Crippen molar-refractivity contribution in [1.29, 1.82) is 0 Å². The summed E-state index contributed by atoms with van der Waals surface area (Å²) in [5.41, 5.74) is 1.20. The van der Waals surface area contributed by atoms with E-state index in [1.54, 1.807) is 0 Å². The molecule has 0 spiro atoms. The third-order valence-corrected chi connectivity index (χ3v) is 3.57. The van der Waals surface area contributed by atoms with Gasteiger partial charge < -0.3 is 15.5 Å².